The summed E-state index contributed by atoms with van der Waals surface area (Å²) in [5, 5.41) is 13.0. The van der Waals surface area contributed by atoms with Crippen molar-refractivity contribution >= 4 is 22.4 Å². The fraction of sp³-hybridized carbons (Fsp3) is 0.368. The maximum absolute atomic E-state index is 5.29. The van der Waals surface area contributed by atoms with Crippen LogP contribution in [0.4, 0.5) is 5.82 Å². The van der Waals surface area contributed by atoms with Crippen molar-refractivity contribution in [3.63, 3.8) is 0 Å². The van der Waals surface area contributed by atoms with Crippen molar-refractivity contribution in [3.05, 3.63) is 47.7 Å². The monoisotopic (exact) mass is 350 g/mol. The number of para-hydroxylation sites is 1. The molecule has 0 radical (unpaired) electrons. The number of benzene rings is 1. The Morgan fingerprint density at radius 1 is 1.19 bits per heavy atom. The van der Waals surface area contributed by atoms with Gasteiger partial charge in [-0.25, -0.2) is 9.50 Å². The van der Waals surface area contributed by atoms with Crippen molar-refractivity contribution in [1.29, 1.82) is 0 Å². The van der Waals surface area contributed by atoms with Gasteiger partial charge < -0.3 is 9.84 Å². The van der Waals surface area contributed by atoms with Gasteiger partial charge in [-0.15, -0.1) is 0 Å². The molecule has 0 fully saturated rings. The van der Waals surface area contributed by atoms with Crippen LogP contribution in [0.25, 0.3) is 16.6 Å². The molecule has 26 heavy (non-hydrogen) atoms. The van der Waals surface area contributed by atoms with Gasteiger partial charge in [0.1, 0.15) is 5.82 Å². The number of rotatable bonds is 6. The van der Waals surface area contributed by atoms with Crippen molar-refractivity contribution < 1.29 is 4.52 Å². The highest BCUT2D eigenvalue weighted by Crippen LogP contribution is 2.23. The average Bonchev–Trinajstić information content (AvgIpc) is 3.24. The first-order valence-corrected chi connectivity index (χ1v) is 8.93. The van der Waals surface area contributed by atoms with E-state index in [0.29, 0.717) is 5.89 Å². The zero-order valence-corrected chi connectivity index (χ0v) is 15.2. The summed E-state index contributed by atoms with van der Waals surface area (Å²) in [6.45, 7) is 6.87. The van der Waals surface area contributed by atoms with Crippen molar-refractivity contribution in [2.75, 3.05) is 11.9 Å². The summed E-state index contributed by atoms with van der Waals surface area (Å²) in [6, 6.07) is 10.2. The number of nitrogens with one attached hydrogen (secondary N) is 1. The van der Waals surface area contributed by atoms with Crippen molar-refractivity contribution in [1.82, 2.24) is 24.7 Å². The topological polar surface area (TPSA) is 81.1 Å². The van der Waals surface area contributed by atoms with E-state index >= 15 is 0 Å². The highest BCUT2D eigenvalue weighted by molar-refractivity contribution is 5.91. The fourth-order valence-electron chi connectivity index (χ4n) is 2.96. The molecule has 3 heterocycles. The molecule has 7 nitrogen and oxygen atoms in total. The van der Waals surface area contributed by atoms with Gasteiger partial charge in [-0.2, -0.15) is 10.1 Å². The lowest BCUT2D eigenvalue weighted by molar-refractivity contribution is 0.369. The van der Waals surface area contributed by atoms with E-state index in [-0.39, 0.29) is 5.92 Å². The molecule has 0 aliphatic rings. The van der Waals surface area contributed by atoms with Gasteiger partial charge in [-0.3, -0.25) is 0 Å². The van der Waals surface area contributed by atoms with E-state index in [9.17, 15) is 0 Å². The minimum atomic E-state index is 0.284. The van der Waals surface area contributed by atoms with E-state index in [1.165, 1.54) is 0 Å². The Balaban J connectivity index is 1.49. The van der Waals surface area contributed by atoms with Crippen LogP contribution in [0.2, 0.25) is 0 Å². The van der Waals surface area contributed by atoms with Crippen LogP contribution in [0.5, 0.6) is 0 Å². The van der Waals surface area contributed by atoms with Gasteiger partial charge in [0.05, 0.1) is 11.2 Å². The van der Waals surface area contributed by atoms with Gasteiger partial charge in [-0.05, 0) is 25.5 Å². The van der Waals surface area contributed by atoms with Crippen LogP contribution >= 0.6 is 0 Å². The molecule has 0 aliphatic heterocycles. The molecule has 0 saturated carbocycles. The number of aryl methyl sites for hydroxylation is 2. The number of hydrogen-bond donors (Lipinski definition) is 1. The quantitative estimate of drug-likeness (QED) is 0.534. The predicted molar refractivity (Wildman–Crippen MR) is 100 cm³/mol. The summed E-state index contributed by atoms with van der Waals surface area (Å²) < 4.78 is 7.18. The second-order valence-electron chi connectivity index (χ2n) is 6.76. The summed E-state index contributed by atoms with van der Waals surface area (Å²) in [4.78, 5) is 9.15. The Bertz CT molecular complexity index is 1050. The van der Waals surface area contributed by atoms with Crippen LogP contribution in [-0.2, 0) is 6.42 Å². The molecule has 3 aromatic heterocycles. The Morgan fingerprint density at radius 2 is 2.04 bits per heavy atom. The van der Waals surface area contributed by atoms with Gasteiger partial charge in [0, 0.05) is 30.3 Å². The highest BCUT2D eigenvalue weighted by atomic mass is 16.5. The molecular weight excluding hydrogens is 328 g/mol. The summed E-state index contributed by atoms with van der Waals surface area (Å²) >= 11 is 0. The maximum atomic E-state index is 5.29. The van der Waals surface area contributed by atoms with Gasteiger partial charge >= 0.3 is 0 Å². The first kappa shape index (κ1) is 16.5. The highest BCUT2D eigenvalue weighted by Gasteiger charge is 2.11. The number of fused-ring (bicyclic) bond motifs is 3. The molecule has 4 rings (SSSR count). The summed E-state index contributed by atoms with van der Waals surface area (Å²) in [5.74, 6) is 2.62. The molecule has 1 aromatic carbocycles. The molecule has 0 atom stereocenters. The lowest BCUT2D eigenvalue weighted by Crippen LogP contribution is -2.07. The molecule has 0 spiro atoms. The molecule has 0 aliphatic carbocycles. The van der Waals surface area contributed by atoms with E-state index in [0.717, 1.165) is 53.3 Å². The Hall–Kier alpha value is -2.96. The molecule has 0 bridgehead atoms. The van der Waals surface area contributed by atoms with Crippen molar-refractivity contribution in [3.8, 4) is 0 Å². The summed E-state index contributed by atoms with van der Waals surface area (Å²) in [6.07, 6.45) is 1.64. The Kier molecular flexibility index (Phi) is 4.28. The smallest absolute Gasteiger partial charge is 0.226 e. The molecule has 134 valence electrons. The zero-order chi connectivity index (χ0) is 18.1. The maximum Gasteiger partial charge on any atom is 0.226 e. The molecular formula is C19H22N6O. The van der Waals surface area contributed by atoms with Crippen LogP contribution in [0, 0.1) is 6.92 Å². The standard InChI is InChI=1S/C19H22N6O/c1-12(2)18-22-17(26-24-18)9-6-10-20-19-14-7-4-5-8-15(14)25-16(21-19)11-13(3)23-25/h4-5,7-8,11-12H,6,9-10H2,1-3H3,(H,20,21). The van der Waals surface area contributed by atoms with Crippen LogP contribution in [-0.4, -0.2) is 31.3 Å². The average molecular weight is 350 g/mol. The van der Waals surface area contributed by atoms with E-state index in [4.69, 9.17) is 9.51 Å². The fourth-order valence-corrected chi connectivity index (χ4v) is 2.96. The predicted octanol–water partition coefficient (Wildman–Crippen LogP) is 3.74. The number of hydrogen-bond acceptors (Lipinski definition) is 6. The van der Waals surface area contributed by atoms with Gasteiger partial charge in [0.25, 0.3) is 0 Å². The van der Waals surface area contributed by atoms with E-state index in [2.05, 4.69) is 46.5 Å². The molecule has 7 heteroatoms. The second-order valence-corrected chi connectivity index (χ2v) is 6.76. The first-order valence-electron chi connectivity index (χ1n) is 8.93. The van der Waals surface area contributed by atoms with Crippen LogP contribution in [0.3, 0.4) is 0 Å². The van der Waals surface area contributed by atoms with E-state index < -0.39 is 0 Å². The second kappa shape index (κ2) is 6.74. The third kappa shape index (κ3) is 3.12. The summed E-state index contributed by atoms with van der Waals surface area (Å²) in [5.41, 5.74) is 2.85. The van der Waals surface area contributed by atoms with Crippen LogP contribution in [0.15, 0.2) is 34.9 Å². The van der Waals surface area contributed by atoms with Crippen LogP contribution < -0.4 is 5.32 Å². The summed E-state index contributed by atoms with van der Waals surface area (Å²) in [7, 11) is 0. The normalized spacial score (nSPS) is 11.7. The van der Waals surface area contributed by atoms with E-state index in [1.54, 1.807) is 0 Å². The molecule has 0 unspecified atom stereocenters. The molecule has 4 aromatic rings. The number of anilines is 1. The third-order valence-corrected chi connectivity index (χ3v) is 4.29. The van der Waals surface area contributed by atoms with Gasteiger partial charge in [-0.1, -0.05) is 31.1 Å². The zero-order valence-electron chi connectivity index (χ0n) is 15.2. The molecule has 1 N–H and O–H groups in total. The largest absolute Gasteiger partial charge is 0.369 e. The molecule has 0 saturated heterocycles. The lowest BCUT2D eigenvalue weighted by Gasteiger charge is -2.09. The van der Waals surface area contributed by atoms with Crippen molar-refractivity contribution in [2.45, 2.75) is 39.5 Å². The SMILES string of the molecule is Cc1cc2nc(NCCCc3nc(C(C)C)no3)c3ccccc3n2n1. The minimum absolute atomic E-state index is 0.284. The number of nitrogens with zero attached hydrogens (tertiary/aromatic N) is 5. The van der Waals surface area contributed by atoms with Crippen molar-refractivity contribution in [2.24, 2.45) is 0 Å². The Labute approximate surface area is 151 Å². The molecule has 0 amide bonds. The first-order chi connectivity index (χ1) is 12.6. The van der Waals surface area contributed by atoms with E-state index in [1.807, 2.05) is 29.6 Å². The lowest BCUT2D eigenvalue weighted by atomic mass is 10.2. The Morgan fingerprint density at radius 3 is 2.85 bits per heavy atom. The number of aromatic nitrogens is 5. The minimum Gasteiger partial charge on any atom is -0.369 e. The van der Waals surface area contributed by atoms with Crippen LogP contribution in [0.1, 0.15) is 43.6 Å². The van der Waals surface area contributed by atoms with Gasteiger partial charge in [0.2, 0.25) is 5.89 Å². The third-order valence-electron chi connectivity index (χ3n) is 4.29. The van der Waals surface area contributed by atoms with Gasteiger partial charge in [0.15, 0.2) is 11.5 Å².